The fourth-order valence-electron chi connectivity index (χ4n) is 2.01. The molecular formula is C20H32N4O2. The van der Waals surface area contributed by atoms with E-state index in [1.54, 1.807) is 20.2 Å². The number of rotatable bonds is 9. The summed E-state index contributed by atoms with van der Waals surface area (Å²) in [5, 5.41) is 6.45. The van der Waals surface area contributed by atoms with Gasteiger partial charge in [-0.05, 0) is 30.5 Å². The fourth-order valence-corrected chi connectivity index (χ4v) is 2.01. The molecule has 6 heteroatoms. The van der Waals surface area contributed by atoms with E-state index in [4.69, 9.17) is 4.74 Å². The van der Waals surface area contributed by atoms with Crippen molar-refractivity contribution in [3.8, 4) is 5.75 Å². The molecule has 1 amide bonds. The van der Waals surface area contributed by atoms with Crippen LogP contribution in [-0.4, -0.2) is 50.6 Å². The second kappa shape index (κ2) is 11.2. The summed E-state index contributed by atoms with van der Waals surface area (Å²) in [5.74, 6) is 1.89. The molecular weight excluding hydrogens is 328 g/mol. The number of aliphatic imine (C=N–C) groups is 1. The molecule has 1 aromatic carbocycles. The number of hydrogen-bond acceptors (Lipinski definition) is 3. The predicted octanol–water partition coefficient (Wildman–Crippen LogP) is 2.59. The highest BCUT2D eigenvalue weighted by Crippen LogP contribution is 2.18. The van der Waals surface area contributed by atoms with Crippen LogP contribution < -0.4 is 15.4 Å². The van der Waals surface area contributed by atoms with E-state index in [0.29, 0.717) is 25.0 Å². The molecule has 26 heavy (non-hydrogen) atoms. The van der Waals surface area contributed by atoms with Crippen molar-refractivity contribution in [2.75, 3.05) is 33.8 Å². The monoisotopic (exact) mass is 360 g/mol. The number of amides is 1. The van der Waals surface area contributed by atoms with Gasteiger partial charge in [0.05, 0.1) is 12.6 Å². The average molecular weight is 361 g/mol. The number of guanidine groups is 1. The van der Waals surface area contributed by atoms with Crippen LogP contribution in [0.5, 0.6) is 5.75 Å². The quantitative estimate of drug-likeness (QED) is 0.404. The predicted molar refractivity (Wildman–Crippen MR) is 108 cm³/mol. The van der Waals surface area contributed by atoms with Crippen LogP contribution >= 0.6 is 0 Å². The molecule has 2 N–H and O–H groups in total. The molecule has 0 heterocycles. The van der Waals surface area contributed by atoms with Gasteiger partial charge in [-0.25, -0.2) is 4.99 Å². The Morgan fingerprint density at radius 1 is 1.27 bits per heavy atom. The summed E-state index contributed by atoms with van der Waals surface area (Å²) in [6.45, 7) is 11.4. The van der Waals surface area contributed by atoms with Crippen LogP contribution in [0.25, 0.3) is 0 Å². The van der Waals surface area contributed by atoms with E-state index in [1.165, 1.54) is 4.90 Å². The molecule has 6 nitrogen and oxygen atoms in total. The maximum atomic E-state index is 11.8. The zero-order valence-electron chi connectivity index (χ0n) is 16.6. The number of ether oxygens (including phenoxy) is 1. The topological polar surface area (TPSA) is 66.0 Å². The summed E-state index contributed by atoms with van der Waals surface area (Å²) in [7, 11) is 3.43. The highest BCUT2D eigenvalue weighted by atomic mass is 16.5. The Bertz CT molecular complexity index is 594. The number of carbonyl (C=O) groups is 1. The van der Waals surface area contributed by atoms with Crippen molar-refractivity contribution in [2.24, 2.45) is 10.9 Å². The van der Waals surface area contributed by atoms with E-state index in [1.807, 2.05) is 31.2 Å². The van der Waals surface area contributed by atoms with Crippen molar-refractivity contribution in [1.29, 1.82) is 0 Å². The number of carbonyl (C=O) groups excluding carboxylic acids is 1. The minimum Gasteiger partial charge on any atom is -0.493 e. The summed E-state index contributed by atoms with van der Waals surface area (Å²) in [6, 6.07) is 8.03. The third kappa shape index (κ3) is 8.05. The number of nitrogens with one attached hydrogen (secondary N) is 2. The van der Waals surface area contributed by atoms with E-state index in [9.17, 15) is 4.79 Å². The van der Waals surface area contributed by atoms with Crippen molar-refractivity contribution < 1.29 is 9.53 Å². The molecule has 0 fully saturated rings. The molecule has 144 valence electrons. The molecule has 0 aliphatic rings. The Morgan fingerprint density at radius 3 is 2.46 bits per heavy atom. The zero-order valence-corrected chi connectivity index (χ0v) is 16.6. The zero-order chi connectivity index (χ0) is 19.5. The largest absolute Gasteiger partial charge is 0.493 e. The van der Waals surface area contributed by atoms with Gasteiger partial charge in [0.25, 0.3) is 0 Å². The third-order valence-corrected chi connectivity index (χ3v) is 3.60. The molecule has 0 aliphatic carbocycles. The van der Waals surface area contributed by atoms with E-state index >= 15 is 0 Å². The first-order valence-electron chi connectivity index (χ1n) is 8.92. The van der Waals surface area contributed by atoms with E-state index in [0.717, 1.165) is 11.3 Å². The van der Waals surface area contributed by atoms with Crippen LogP contribution in [0.15, 0.2) is 41.9 Å². The van der Waals surface area contributed by atoms with Gasteiger partial charge in [0.2, 0.25) is 5.91 Å². The molecule has 0 bridgehead atoms. The minimum atomic E-state index is -0.0518. The first kappa shape index (κ1) is 21.5. The molecule has 0 radical (unpaired) electrons. The Hall–Kier alpha value is -2.50. The van der Waals surface area contributed by atoms with Crippen molar-refractivity contribution in [3.63, 3.8) is 0 Å². The van der Waals surface area contributed by atoms with Gasteiger partial charge in [-0.1, -0.05) is 32.1 Å². The maximum absolute atomic E-state index is 11.8. The molecule has 1 atom stereocenters. The molecule has 0 saturated heterocycles. The summed E-state index contributed by atoms with van der Waals surface area (Å²) < 4.78 is 5.71. The third-order valence-electron chi connectivity index (χ3n) is 3.60. The van der Waals surface area contributed by atoms with Crippen molar-refractivity contribution in [3.05, 3.63) is 42.5 Å². The van der Waals surface area contributed by atoms with E-state index in [2.05, 4.69) is 36.1 Å². The smallest absolute Gasteiger partial charge is 0.243 e. The van der Waals surface area contributed by atoms with Gasteiger partial charge in [-0.2, -0.15) is 0 Å². The van der Waals surface area contributed by atoms with Crippen LogP contribution in [0.4, 0.5) is 0 Å². The van der Waals surface area contributed by atoms with Gasteiger partial charge >= 0.3 is 0 Å². The summed E-state index contributed by atoms with van der Waals surface area (Å²) in [6.07, 6.45) is 1.75. The number of nitrogens with zero attached hydrogens (tertiary/aromatic N) is 2. The van der Waals surface area contributed by atoms with Crippen LogP contribution in [0.3, 0.4) is 0 Å². The van der Waals surface area contributed by atoms with Crippen LogP contribution in [0.2, 0.25) is 0 Å². The lowest BCUT2D eigenvalue weighted by atomic mass is 10.1. The second-order valence-corrected chi connectivity index (χ2v) is 6.76. The lowest BCUT2D eigenvalue weighted by Crippen LogP contribution is -2.39. The van der Waals surface area contributed by atoms with Gasteiger partial charge in [-0.15, -0.1) is 6.58 Å². The van der Waals surface area contributed by atoms with E-state index < -0.39 is 0 Å². The van der Waals surface area contributed by atoms with Crippen molar-refractivity contribution in [1.82, 2.24) is 15.5 Å². The maximum Gasteiger partial charge on any atom is 0.243 e. The van der Waals surface area contributed by atoms with Gasteiger partial charge < -0.3 is 20.3 Å². The fraction of sp³-hybridized carbons (Fsp3) is 0.500. The first-order chi connectivity index (χ1) is 12.3. The van der Waals surface area contributed by atoms with E-state index in [-0.39, 0.29) is 18.5 Å². The van der Waals surface area contributed by atoms with Gasteiger partial charge in [0.1, 0.15) is 12.3 Å². The normalized spacial score (nSPS) is 12.5. The average Bonchev–Trinajstić information content (AvgIpc) is 2.61. The highest BCUT2D eigenvalue weighted by molar-refractivity contribution is 5.85. The Morgan fingerprint density at radius 2 is 1.92 bits per heavy atom. The molecule has 1 unspecified atom stereocenters. The number of hydrogen-bond donors (Lipinski definition) is 2. The molecule has 0 aliphatic heterocycles. The minimum absolute atomic E-state index is 0.0275. The number of likely N-dealkylation sites (N-methyl/N-ethyl adjacent to an activating group) is 1. The Kier molecular flexibility index (Phi) is 9.26. The number of benzene rings is 1. The summed E-state index contributed by atoms with van der Waals surface area (Å²) >= 11 is 0. The Labute approximate surface area is 157 Å². The SMILES string of the molecule is C=CCNC(=NCC(=O)N(C)C)NC(C)c1ccc(OCC(C)C)cc1. The second-order valence-electron chi connectivity index (χ2n) is 6.76. The molecule has 0 spiro atoms. The molecule has 1 rings (SSSR count). The van der Waals surface area contributed by atoms with Gasteiger partial charge in [0, 0.05) is 20.6 Å². The standard InChI is InChI=1S/C20H32N4O2/c1-7-12-21-20(22-13-19(25)24(5)6)23-16(4)17-8-10-18(11-9-17)26-14-15(2)3/h7-11,15-16H,1,12-14H2,2-6H3,(H2,21,22,23). The summed E-state index contributed by atoms with van der Waals surface area (Å²) in [4.78, 5) is 17.6. The summed E-state index contributed by atoms with van der Waals surface area (Å²) in [5.41, 5.74) is 1.11. The molecule has 0 aromatic heterocycles. The Balaban J connectivity index is 2.72. The lowest BCUT2D eigenvalue weighted by molar-refractivity contribution is -0.127. The van der Waals surface area contributed by atoms with Gasteiger partial charge in [-0.3, -0.25) is 4.79 Å². The molecule has 1 aromatic rings. The van der Waals surface area contributed by atoms with Crippen LogP contribution in [0.1, 0.15) is 32.4 Å². The highest BCUT2D eigenvalue weighted by Gasteiger charge is 2.10. The molecule has 0 saturated carbocycles. The van der Waals surface area contributed by atoms with Crippen LogP contribution in [0, 0.1) is 5.92 Å². The first-order valence-corrected chi connectivity index (χ1v) is 8.92. The van der Waals surface area contributed by atoms with Crippen LogP contribution in [-0.2, 0) is 4.79 Å². The van der Waals surface area contributed by atoms with Gasteiger partial charge in [0.15, 0.2) is 5.96 Å². The van der Waals surface area contributed by atoms with Crippen molar-refractivity contribution >= 4 is 11.9 Å². The van der Waals surface area contributed by atoms with Crippen molar-refractivity contribution in [2.45, 2.75) is 26.8 Å². The lowest BCUT2D eigenvalue weighted by Gasteiger charge is -2.19.